The van der Waals surface area contributed by atoms with Crippen molar-refractivity contribution in [3.63, 3.8) is 0 Å². The number of rotatable bonds is 4. The third-order valence-electron chi connectivity index (χ3n) is 4.07. The van der Waals surface area contributed by atoms with Crippen molar-refractivity contribution < 1.29 is 14.6 Å². The van der Waals surface area contributed by atoms with Crippen molar-refractivity contribution in [1.82, 2.24) is 5.32 Å². The first-order valence-corrected chi connectivity index (χ1v) is 9.18. The van der Waals surface area contributed by atoms with Gasteiger partial charge in [0.25, 0.3) is 5.91 Å². The van der Waals surface area contributed by atoms with Crippen LogP contribution in [0.1, 0.15) is 18.1 Å². The number of amides is 1. The van der Waals surface area contributed by atoms with Gasteiger partial charge in [-0.3, -0.25) is 9.69 Å². The molecule has 1 heterocycles. The van der Waals surface area contributed by atoms with Crippen molar-refractivity contribution in [2.24, 2.45) is 0 Å². The van der Waals surface area contributed by atoms with E-state index in [1.165, 1.54) is 12.0 Å². The molecular formula is C19H17BrN2O3S. The number of aromatic hydroxyl groups is 1. The number of thiocarbonyl (C=S) groups is 1. The zero-order valence-electron chi connectivity index (χ0n) is 14.2. The van der Waals surface area contributed by atoms with E-state index >= 15 is 0 Å². The molecule has 1 aliphatic heterocycles. The number of hydrogen-bond acceptors (Lipinski definition) is 4. The fraction of sp³-hybridized carbons (Fsp3) is 0.158. The van der Waals surface area contributed by atoms with E-state index in [-0.39, 0.29) is 11.7 Å². The number of carbonyl (C=O) groups excluding carboxylic acids is 1. The molecule has 0 spiro atoms. The number of hydrogen-bond donors (Lipinski definition) is 2. The van der Waals surface area contributed by atoms with E-state index in [4.69, 9.17) is 17.0 Å². The average molecular weight is 433 g/mol. The van der Waals surface area contributed by atoms with Crippen LogP contribution in [0.2, 0.25) is 0 Å². The van der Waals surface area contributed by atoms with Gasteiger partial charge < -0.3 is 15.2 Å². The fourth-order valence-electron chi connectivity index (χ4n) is 2.78. The van der Waals surface area contributed by atoms with Crippen LogP contribution in [0.3, 0.4) is 0 Å². The maximum Gasteiger partial charge on any atom is 0.281 e. The van der Waals surface area contributed by atoms with Gasteiger partial charge in [-0.15, -0.1) is 0 Å². The molecule has 3 rings (SSSR count). The predicted molar refractivity (Wildman–Crippen MR) is 109 cm³/mol. The third-order valence-corrected chi connectivity index (χ3v) is 4.96. The first kappa shape index (κ1) is 18.4. The van der Waals surface area contributed by atoms with Gasteiger partial charge in [-0.25, -0.2) is 0 Å². The molecule has 1 aliphatic rings. The normalized spacial score (nSPS) is 15.5. The standard InChI is InChI=1S/C19H17BrN2O3S/c1-3-12-6-4-5-7-15(12)22-18(24)14(21-19(22)26)9-11-8-13(20)17(23)16(10-11)25-2/h4-10,23H,3H2,1-2H3,(H,21,26)/b14-9+. The Labute approximate surface area is 165 Å². The zero-order chi connectivity index (χ0) is 18.8. The van der Waals surface area contributed by atoms with Crippen LogP contribution in [-0.4, -0.2) is 23.2 Å². The Kier molecular flexibility index (Phi) is 5.29. The highest BCUT2D eigenvalue weighted by Crippen LogP contribution is 2.36. The lowest BCUT2D eigenvalue weighted by Crippen LogP contribution is -2.31. The number of methoxy groups -OCH3 is 1. The van der Waals surface area contributed by atoms with Crippen molar-refractivity contribution >= 4 is 50.9 Å². The summed E-state index contributed by atoms with van der Waals surface area (Å²) in [7, 11) is 1.47. The molecule has 0 bridgehead atoms. The lowest BCUT2D eigenvalue weighted by Gasteiger charge is -2.17. The summed E-state index contributed by atoms with van der Waals surface area (Å²) < 4.78 is 5.63. The lowest BCUT2D eigenvalue weighted by atomic mass is 10.1. The molecule has 0 aromatic heterocycles. The van der Waals surface area contributed by atoms with E-state index in [1.807, 2.05) is 31.2 Å². The van der Waals surface area contributed by atoms with Crippen molar-refractivity contribution in [1.29, 1.82) is 0 Å². The van der Waals surface area contributed by atoms with Crippen LogP contribution in [0.25, 0.3) is 6.08 Å². The number of phenols is 1. The highest BCUT2D eigenvalue weighted by atomic mass is 79.9. The molecule has 5 nitrogen and oxygen atoms in total. The van der Waals surface area contributed by atoms with Crippen molar-refractivity contribution in [2.45, 2.75) is 13.3 Å². The van der Waals surface area contributed by atoms with E-state index in [2.05, 4.69) is 21.2 Å². The number of carbonyl (C=O) groups is 1. The fourth-order valence-corrected chi connectivity index (χ4v) is 3.53. The number of nitrogens with zero attached hydrogens (tertiary/aromatic N) is 1. The molecule has 1 saturated heterocycles. The largest absolute Gasteiger partial charge is 0.503 e. The van der Waals surface area contributed by atoms with Crippen molar-refractivity contribution in [3.8, 4) is 11.5 Å². The van der Waals surface area contributed by atoms with Crippen LogP contribution in [0, 0.1) is 0 Å². The Hall–Kier alpha value is -2.38. The summed E-state index contributed by atoms with van der Waals surface area (Å²) in [6.45, 7) is 2.03. The summed E-state index contributed by atoms with van der Waals surface area (Å²) in [4.78, 5) is 14.4. The summed E-state index contributed by atoms with van der Waals surface area (Å²) in [5.74, 6) is 0.0980. The summed E-state index contributed by atoms with van der Waals surface area (Å²) >= 11 is 8.66. The molecular weight excluding hydrogens is 416 g/mol. The number of nitrogens with one attached hydrogen (secondary N) is 1. The second-order valence-corrected chi connectivity index (χ2v) is 6.91. The Morgan fingerprint density at radius 3 is 2.77 bits per heavy atom. The molecule has 2 aromatic carbocycles. The van der Waals surface area contributed by atoms with Crippen molar-refractivity contribution in [2.75, 3.05) is 12.0 Å². The number of halogens is 1. The number of para-hydroxylation sites is 1. The smallest absolute Gasteiger partial charge is 0.281 e. The summed E-state index contributed by atoms with van der Waals surface area (Å²) in [5.41, 5.74) is 2.88. The van der Waals surface area contributed by atoms with Gasteiger partial charge in [0.2, 0.25) is 0 Å². The molecule has 134 valence electrons. The Morgan fingerprint density at radius 1 is 1.35 bits per heavy atom. The molecule has 0 saturated carbocycles. The van der Waals surface area contributed by atoms with Crippen LogP contribution in [0.5, 0.6) is 11.5 Å². The average Bonchev–Trinajstić information content (AvgIpc) is 2.91. The van der Waals surface area contributed by atoms with Gasteiger partial charge in [0.15, 0.2) is 16.6 Å². The molecule has 2 aromatic rings. The quantitative estimate of drug-likeness (QED) is 0.564. The monoisotopic (exact) mass is 432 g/mol. The van der Waals surface area contributed by atoms with Gasteiger partial charge in [0, 0.05) is 0 Å². The molecule has 26 heavy (non-hydrogen) atoms. The zero-order valence-corrected chi connectivity index (χ0v) is 16.6. The number of aryl methyl sites for hydroxylation is 1. The maximum absolute atomic E-state index is 12.9. The number of phenolic OH excluding ortho intramolecular Hbond substituents is 1. The minimum atomic E-state index is -0.223. The third kappa shape index (κ3) is 3.32. The van der Waals surface area contributed by atoms with E-state index in [0.717, 1.165) is 17.7 Å². The first-order chi connectivity index (χ1) is 12.5. The minimum absolute atomic E-state index is 0.00868. The Bertz CT molecular complexity index is 927. The highest BCUT2D eigenvalue weighted by Gasteiger charge is 2.33. The highest BCUT2D eigenvalue weighted by molar-refractivity contribution is 9.10. The van der Waals surface area contributed by atoms with Crippen LogP contribution < -0.4 is 15.0 Å². The van der Waals surface area contributed by atoms with Gasteiger partial charge in [-0.05, 0) is 70.0 Å². The Balaban J connectivity index is 1.99. The molecule has 1 fully saturated rings. The van der Waals surface area contributed by atoms with E-state index in [9.17, 15) is 9.90 Å². The summed E-state index contributed by atoms with van der Waals surface area (Å²) in [6, 6.07) is 11.0. The van der Waals surface area contributed by atoms with Crippen LogP contribution in [-0.2, 0) is 11.2 Å². The van der Waals surface area contributed by atoms with Gasteiger partial charge in [0.05, 0.1) is 17.3 Å². The van der Waals surface area contributed by atoms with Crippen molar-refractivity contribution in [3.05, 3.63) is 57.7 Å². The molecule has 0 radical (unpaired) electrons. The summed E-state index contributed by atoms with van der Waals surface area (Å²) in [5, 5.41) is 13.2. The molecule has 0 aliphatic carbocycles. The van der Waals surface area contributed by atoms with Gasteiger partial charge in [0.1, 0.15) is 5.70 Å². The molecule has 7 heteroatoms. The topological polar surface area (TPSA) is 61.8 Å². The maximum atomic E-state index is 12.9. The first-order valence-electron chi connectivity index (χ1n) is 7.97. The number of benzene rings is 2. The molecule has 0 atom stereocenters. The second-order valence-electron chi connectivity index (χ2n) is 5.66. The van der Waals surface area contributed by atoms with Crippen LogP contribution >= 0.6 is 28.1 Å². The molecule has 0 unspecified atom stereocenters. The van der Waals surface area contributed by atoms with E-state index in [0.29, 0.717) is 26.6 Å². The van der Waals surface area contributed by atoms with Gasteiger partial charge >= 0.3 is 0 Å². The number of anilines is 1. The predicted octanol–water partition coefficient (Wildman–Crippen LogP) is 3.99. The van der Waals surface area contributed by atoms with Gasteiger partial charge in [-0.2, -0.15) is 0 Å². The Morgan fingerprint density at radius 2 is 2.08 bits per heavy atom. The van der Waals surface area contributed by atoms with E-state index in [1.54, 1.807) is 18.2 Å². The summed E-state index contributed by atoms with van der Waals surface area (Å²) in [6.07, 6.45) is 2.47. The SMILES string of the molecule is CCc1ccccc1N1C(=O)/C(=C\c2cc(Br)c(O)c(OC)c2)NC1=S. The van der Waals surface area contributed by atoms with Crippen LogP contribution in [0.4, 0.5) is 5.69 Å². The number of ether oxygens (including phenoxy) is 1. The minimum Gasteiger partial charge on any atom is -0.503 e. The van der Waals surface area contributed by atoms with E-state index < -0.39 is 0 Å². The second kappa shape index (κ2) is 7.47. The van der Waals surface area contributed by atoms with Crippen LogP contribution in [0.15, 0.2) is 46.6 Å². The molecule has 1 amide bonds. The molecule has 2 N–H and O–H groups in total. The van der Waals surface area contributed by atoms with Gasteiger partial charge in [-0.1, -0.05) is 25.1 Å². The lowest BCUT2D eigenvalue weighted by molar-refractivity contribution is -0.113.